The third-order valence-corrected chi connectivity index (χ3v) is 4.89. The van der Waals surface area contributed by atoms with E-state index in [1.54, 1.807) is 26.1 Å². The number of nitrogens with zero attached hydrogens (tertiary/aromatic N) is 1. The molecule has 1 aliphatic rings. The molecule has 0 aromatic rings. The molecule has 0 aromatic heterocycles. The molecule has 0 bridgehead atoms. The first-order valence-electron chi connectivity index (χ1n) is 5.93. The summed E-state index contributed by atoms with van der Waals surface area (Å²) < 4.78 is 27.8. The van der Waals surface area contributed by atoms with Gasteiger partial charge in [0.05, 0.1) is 18.9 Å². The Morgan fingerprint density at radius 1 is 1.39 bits per heavy atom. The Morgan fingerprint density at radius 2 is 2.00 bits per heavy atom. The number of hydrogen-bond donors (Lipinski definition) is 0. The van der Waals surface area contributed by atoms with Crippen LogP contribution in [0.2, 0.25) is 0 Å². The number of carbonyl (C=O) groups is 1. The Hall–Kier alpha value is -0.680. The molecule has 0 N–H and O–H groups in total. The van der Waals surface area contributed by atoms with Crippen LogP contribution in [0.1, 0.15) is 20.3 Å². The van der Waals surface area contributed by atoms with Gasteiger partial charge in [-0.25, -0.2) is 0 Å². The number of ether oxygens (including phenoxy) is 1. The minimum absolute atomic E-state index is 0.108. The number of allylic oxidation sites excluding steroid dienone is 1. The fraction of sp³-hybridized carbons (Fsp3) is 0.727. The van der Waals surface area contributed by atoms with Crippen LogP contribution in [0.4, 0.5) is 0 Å². The topological polar surface area (TPSA) is 65.1 Å². The molecule has 1 atom stereocenters. The fourth-order valence-electron chi connectivity index (χ4n) is 1.71. The molecule has 0 aliphatic carbocycles. The van der Waals surface area contributed by atoms with Crippen LogP contribution in [-0.2, 0) is 23.1 Å². The first-order chi connectivity index (χ1) is 8.57. The molecular weight excluding hydrogens is 257 g/mol. The maximum Gasteiger partial charge on any atom is 0.338 e. The van der Waals surface area contributed by atoms with E-state index in [0.29, 0.717) is 0 Å². The molecule has 1 heterocycles. The lowest BCUT2D eigenvalue weighted by atomic mass is 10.2. The quantitative estimate of drug-likeness (QED) is 0.666. The lowest BCUT2D eigenvalue weighted by molar-refractivity contribution is -0.132. The number of methoxy groups -OCH3 is 1. The van der Waals surface area contributed by atoms with Crippen LogP contribution in [0, 0.1) is 0 Å². The molecular formula is C11H20NO5P. The smallest absolute Gasteiger partial charge is 0.338 e. The van der Waals surface area contributed by atoms with Crippen molar-refractivity contribution >= 4 is 13.5 Å². The molecule has 7 heteroatoms. The Balaban J connectivity index is 2.81. The minimum atomic E-state index is -3.25. The SMILES string of the molecule is CCOP(=O)(OCC)C1C=CN(COC)C(=O)C1. The third kappa shape index (κ3) is 3.65. The molecule has 6 nitrogen and oxygen atoms in total. The van der Waals surface area contributed by atoms with Crippen LogP contribution in [0.25, 0.3) is 0 Å². The van der Waals surface area contributed by atoms with Crippen LogP contribution in [0.3, 0.4) is 0 Å². The molecule has 0 spiro atoms. The van der Waals surface area contributed by atoms with Crippen LogP contribution in [-0.4, -0.2) is 43.5 Å². The van der Waals surface area contributed by atoms with Crippen LogP contribution in [0.15, 0.2) is 12.3 Å². The lowest BCUT2D eigenvalue weighted by Gasteiger charge is -2.29. The predicted octanol–water partition coefficient (Wildman–Crippen LogP) is 1.97. The monoisotopic (exact) mass is 277 g/mol. The molecule has 1 aliphatic heterocycles. The zero-order valence-electron chi connectivity index (χ0n) is 11.0. The standard InChI is InChI=1S/C11H20NO5P/c1-4-16-18(14,17-5-2)10-6-7-12(9-15-3)11(13)8-10/h6-7,10H,4-5,8-9H2,1-3H3. The highest BCUT2D eigenvalue weighted by Gasteiger charge is 2.38. The summed E-state index contributed by atoms with van der Waals surface area (Å²) in [5.74, 6) is -0.149. The second-order valence-electron chi connectivity index (χ2n) is 3.77. The van der Waals surface area contributed by atoms with E-state index >= 15 is 0 Å². The van der Waals surface area contributed by atoms with E-state index in [1.165, 1.54) is 12.0 Å². The van der Waals surface area contributed by atoms with E-state index in [4.69, 9.17) is 13.8 Å². The van der Waals surface area contributed by atoms with Crippen molar-refractivity contribution < 1.29 is 23.1 Å². The molecule has 104 valence electrons. The van der Waals surface area contributed by atoms with E-state index < -0.39 is 13.3 Å². The van der Waals surface area contributed by atoms with Crippen LogP contribution < -0.4 is 0 Å². The van der Waals surface area contributed by atoms with E-state index in [-0.39, 0.29) is 32.3 Å². The van der Waals surface area contributed by atoms with Gasteiger partial charge in [-0.3, -0.25) is 14.3 Å². The number of amides is 1. The summed E-state index contributed by atoms with van der Waals surface area (Å²) in [5, 5.41) is 0. The Bertz CT molecular complexity index is 347. The average Bonchev–Trinajstić information content (AvgIpc) is 2.32. The fourth-order valence-corrected chi connectivity index (χ4v) is 3.56. The molecule has 1 rings (SSSR count). The number of rotatable bonds is 7. The van der Waals surface area contributed by atoms with Crippen molar-refractivity contribution in [2.24, 2.45) is 0 Å². The van der Waals surface area contributed by atoms with Gasteiger partial charge in [-0.15, -0.1) is 0 Å². The van der Waals surface area contributed by atoms with Crippen molar-refractivity contribution in [3.63, 3.8) is 0 Å². The molecule has 1 amide bonds. The van der Waals surface area contributed by atoms with Crippen molar-refractivity contribution in [3.05, 3.63) is 12.3 Å². The summed E-state index contributed by atoms with van der Waals surface area (Å²) in [5.41, 5.74) is -0.516. The minimum Gasteiger partial charge on any atom is -0.364 e. The van der Waals surface area contributed by atoms with Gasteiger partial charge in [0.25, 0.3) is 0 Å². The zero-order valence-corrected chi connectivity index (χ0v) is 11.9. The van der Waals surface area contributed by atoms with Crippen molar-refractivity contribution in [2.75, 3.05) is 27.1 Å². The van der Waals surface area contributed by atoms with Crippen molar-refractivity contribution in [1.29, 1.82) is 0 Å². The van der Waals surface area contributed by atoms with Gasteiger partial charge < -0.3 is 13.8 Å². The summed E-state index contributed by atoms with van der Waals surface area (Å²) in [6.07, 6.45) is 3.37. The van der Waals surface area contributed by atoms with Gasteiger partial charge in [0.2, 0.25) is 5.91 Å². The predicted molar refractivity (Wildman–Crippen MR) is 67.1 cm³/mol. The third-order valence-electron chi connectivity index (χ3n) is 2.48. The molecule has 0 radical (unpaired) electrons. The van der Waals surface area contributed by atoms with Crippen molar-refractivity contribution in [3.8, 4) is 0 Å². The highest BCUT2D eigenvalue weighted by molar-refractivity contribution is 7.54. The maximum absolute atomic E-state index is 12.5. The van der Waals surface area contributed by atoms with Gasteiger partial charge in [-0.1, -0.05) is 6.08 Å². The molecule has 1 unspecified atom stereocenters. The first kappa shape index (κ1) is 15.4. The second-order valence-corrected chi connectivity index (χ2v) is 6.03. The van der Waals surface area contributed by atoms with Gasteiger partial charge in [0, 0.05) is 19.7 Å². The van der Waals surface area contributed by atoms with E-state index in [9.17, 15) is 9.36 Å². The van der Waals surface area contributed by atoms with E-state index in [2.05, 4.69) is 0 Å². The lowest BCUT2D eigenvalue weighted by Crippen LogP contribution is -2.34. The molecule has 0 fully saturated rings. The normalized spacial score (nSPS) is 20.5. The van der Waals surface area contributed by atoms with Crippen LogP contribution >= 0.6 is 7.60 Å². The first-order valence-corrected chi connectivity index (χ1v) is 7.54. The van der Waals surface area contributed by atoms with Gasteiger partial charge >= 0.3 is 7.60 Å². The average molecular weight is 277 g/mol. The Labute approximate surface area is 107 Å². The van der Waals surface area contributed by atoms with Crippen molar-refractivity contribution in [2.45, 2.75) is 25.9 Å². The Kier molecular flexibility index (Phi) is 6.02. The van der Waals surface area contributed by atoms with E-state index in [1.807, 2.05) is 0 Å². The van der Waals surface area contributed by atoms with Gasteiger partial charge in [0.15, 0.2) is 0 Å². The second kappa shape index (κ2) is 7.04. The van der Waals surface area contributed by atoms with Gasteiger partial charge in [-0.2, -0.15) is 0 Å². The van der Waals surface area contributed by atoms with Gasteiger partial charge in [-0.05, 0) is 13.8 Å². The Morgan fingerprint density at radius 3 is 2.44 bits per heavy atom. The molecule has 0 aromatic carbocycles. The number of carbonyl (C=O) groups excluding carboxylic acids is 1. The highest BCUT2D eigenvalue weighted by atomic mass is 31.2. The zero-order chi connectivity index (χ0) is 13.6. The summed E-state index contributed by atoms with van der Waals surface area (Å²) in [7, 11) is -1.74. The number of hydrogen-bond acceptors (Lipinski definition) is 5. The molecule has 18 heavy (non-hydrogen) atoms. The molecule has 0 saturated carbocycles. The van der Waals surface area contributed by atoms with E-state index in [0.717, 1.165) is 0 Å². The maximum atomic E-state index is 12.5. The summed E-state index contributed by atoms with van der Waals surface area (Å²) in [6.45, 7) is 4.26. The highest BCUT2D eigenvalue weighted by Crippen LogP contribution is 2.55. The van der Waals surface area contributed by atoms with Gasteiger partial charge in [0.1, 0.15) is 6.73 Å². The van der Waals surface area contributed by atoms with Crippen LogP contribution in [0.5, 0.6) is 0 Å². The molecule has 0 saturated heterocycles. The summed E-state index contributed by atoms with van der Waals surface area (Å²) in [6, 6.07) is 0. The largest absolute Gasteiger partial charge is 0.364 e. The summed E-state index contributed by atoms with van der Waals surface area (Å²) >= 11 is 0. The van der Waals surface area contributed by atoms with Crippen molar-refractivity contribution in [1.82, 2.24) is 4.90 Å². The summed E-state index contributed by atoms with van der Waals surface area (Å²) in [4.78, 5) is 13.2.